The Morgan fingerprint density at radius 2 is 2.28 bits per heavy atom. The van der Waals surface area contributed by atoms with Gasteiger partial charge in [0, 0.05) is 31.8 Å². The number of carbonyl (C=O) groups is 1. The largest absolute Gasteiger partial charge is 0.463 e. The Kier molecular flexibility index (Phi) is 6.32. The third-order valence-electron chi connectivity index (χ3n) is 2.96. The molecule has 104 valence electrons. The number of hydrogen-bond acceptors (Lipinski definition) is 5. The number of aliphatic hydroxyl groups excluding tert-OH is 1. The van der Waals surface area contributed by atoms with Crippen LogP contribution < -0.4 is 0 Å². The first-order valence-corrected chi connectivity index (χ1v) is 6.43. The van der Waals surface area contributed by atoms with Gasteiger partial charge in [-0.1, -0.05) is 6.08 Å². The smallest absolute Gasteiger partial charge is 0.330 e. The fraction of sp³-hybridized carbons (Fsp3) is 0.769. The second-order valence-electron chi connectivity index (χ2n) is 4.91. The Hall–Kier alpha value is -0.910. The van der Waals surface area contributed by atoms with Gasteiger partial charge in [-0.25, -0.2) is 4.79 Å². The molecule has 18 heavy (non-hydrogen) atoms. The summed E-state index contributed by atoms with van der Waals surface area (Å²) in [5, 5.41) is 9.70. The number of rotatable bonds is 6. The lowest BCUT2D eigenvalue weighted by Gasteiger charge is -2.25. The highest BCUT2D eigenvalue weighted by Gasteiger charge is 2.30. The van der Waals surface area contributed by atoms with E-state index in [1.807, 2.05) is 14.1 Å². The van der Waals surface area contributed by atoms with Crippen LogP contribution in [-0.4, -0.2) is 73.4 Å². The van der Waals surface area contributed by atoms with Crippen molar-refractivity contribution in [2.45, 2.75) is 25.5 Å². The molecule has 0 saturated carbocycles. The van der Waals surface area contributed by atoms with Crippen LogP contribution in [0.25, 0.3) is 0 Å². The van der Waals surface area contributed by atoms with E-state index in [1.54, 1.807) is 13.0 Å². The quantitative estimate of drug-likeness (QED) is 0.540. The van der Waals surface area contributed by atoms with Crippen LogP contribution in [0.4, 0.5) is 0 Å². The third kappa shape index (κ3) is 5.16. The van der Waals surface area contributed by atoms with Crippen molar-refractivity contribution < 1.29 is 14.6 Å². The Bertz CT molecular complexity index is 292. The van der Waals surface area contributed by atoms with Crippen molar-refractivity contribution in [3.05, 3.63) is 12.2 Å². The summed E-state index contributed by atoms with van der Waals surface area (Å²) in [6.45, 7) is 4.45. The van der Waals surface area contributed by atoms with Crippen LogP contribution in [0, 0.1) is 0 Å². The minimum Gasteiger partial charge on any atom is -0.463 e. The summed E-state index contributed by atoms with van der Waals surface area (Å²) in [5.74, 6) is -0.304. The lowest BCUT2D eigenvalue weighted by molar-refractivity contribution is -0.137. The van der Waals surface area contributed by atoms with Gasteiger partial charge in [-0.15, -0.1) is 0 Å². The van der Waals surface area contributed by atoms with Gasteiger partial charge < -0.3 is 14.7 Å². The topological polar surface area (TPSA) is 53.0 Å². The number of esters is 1. The van der Waals surface area contributed by atoms with Gasteiger partial charge in [-0.05, 0) is 27.4 Å². The number of likely N-dealkylation sites (N-methyl/N-ethyl adjacent to an activating group) is 1. The number of likely N-dealkylation sites (tertiary alicyclic amines) is 1. The number of nitrogens with zero attached hydrogens (tertiary/aromatic N) is 2. The van der Waals surface area contributed by atoms with E-state index in [9.17, 15) is 9.90 Å². The van der Waals surface area contributed by atoms with Crippen molar-refractivity contribution >= 4 is 5.97 Å². The maximum atomic E-state index is 11.2. The van der Waals surface area contributed by atoms with Gasteiger partial charge in [0.2, 0.25) is 0 Å². The molecule has 1 N–H and O–H groups in total. The molecule has 0 aromatic heterocycles. The monoisotopic (exact) mass is 256 g/mol. The Morgan fingerprint density at radius 3 is 2.89 bits per heavy atom. The van der Waals surface area contributed by atoms with Crippen LogP contribution in [0.15, 0.2) is 12.2 Å². The molecule has 1 fully saturated rings. The maximum Gasteiger partial charge on any atom is 0.330 e. The summed E-state index contributed by atoms with van der Waals surface area (Å²) in [7, 11) is 4.05. The third-order valence-corrected chi connectivity index (χ3v) is 2.96. The molecule has 0 bridgehead atoms. The first-order chi connectivity index (χ1) is 8.52. The molecule has 1 aliphatic rings. The number of ether oxygens (including phenoxy) is 1. The summed E-state index contributed by atoms with van der Waals surface area (Å²) in [5.41, 5.74) is 0. The Morgan fingerprint density at radius 1 is 1.56 bits per heavy atom. The fourth-order valence-corrected chi connectivity index (χ4v) is 2.27. The summed E-state index contributed by atoms with van der Waals surface area (Å²) < 4.78 is 4.82. The van der Waals surface area contributed by atoms with Gasteiger partial charge >= 0.3 is 5.97 Å². The molecule has 1 saturated heterocycles. The number of aliphatic hydroxyl groups is 1. The highest BCUT2D eigenvalue weighted by atomic mass is 16.5. The predicted octanol–water partition coefficient (Wildman–Crippen LogP) is 0.103. The first-order valence-electron chi connectivity index (χ1n) is 6.43. The zero-order chi connectivity index (χ0) is 13.5. The molecule has 5 nitrogen and oxygen atoms in total. The zero-order valence-corrected chi connectivity index (χ0v) is 11.5. The van der Waals surface area contributed by atoms with Crippen molar-refractivity contribution in [2.24, 2.45) is 0 Å². The van der Waals surface area contributed by atoms with E-state index in [0.717, 1.165) is 13.0 Å². The molecule has 0 amide bonds. The second kappa shape index (κ2) is 7.51. The average molecular weight is 256 g/mol. The van der Waals surface area contributed by atoms with Crippen LogP contribution in [0.2, 0.25) is 0 Å². The van der Waals surface area contributed by atoms with E-state index in [0.29, 0.717) is 25.7 Å². The van der Waals surface area contributed by atoms with Gasteiger partial charge in [-0.3, -0.25) is 4.90 Å². The Labute approximate surface area is 109 Å². The fourth-order valence-electron chi connectivity index (χ4n) is 2.27. The summed E-state index contributed by atoms with van der Waals surface area (Å²) >= 11 is 0. The molecule has 1 aliphatic heterocycles. The molecule has 0 aromatic rings. The van der Waals surface area contributed by atoms with Crippen molar-refractivity contribution in [2.75, 3.05) is 40.3 Å². The van der Waals surface area contributed by atoms with Crippen LogP contribution in [-0.2, 0) is 9.53 Å². The van der Waals surface area contributed by atoms with Crippen molar-refractivity contribution in [3.63, 3.8) is 0 Å². The molecule has 0 spiro atoms. The highest BCUT2D eigenvalue weighted by molar-refractivity contribution is 5.81. The average Bonchev–Trinajstić information content (AvgIpc) is 2.58. The molecule has 5 heteroatoms. The van der Waals surface area contributed by atoms with E-state index < -0.39 is 0 Å². The van der Waals surface area contributed by atoms with Gasteiger partial charge in [0.15, 0.2) is 0 Å². The lowest BCUT2D eigenvalue weighted by Crippen LogP contribution is -2.37. The van der Waals surface area contributed by atoms with Crippen molar-refractivity contribution in [1.29, 1.82) is 0 Å². The minimum atomic E-state index is -0.304. The first kappa shape index (κ1) is 15.1. The number of β-amino-alcohol motifs (C(OH)–C–C–N with tert-alkyl or cyclic N) is 1. The molecule has 2 unspecified atom stereocenters. The van der Waals surface area contributed by atoms with Crippen molar-refractivity contribution in [3.8, 4) is 0 Å². The lowest BCUT2D eigenvalue weighted by atomic mass is 10.2. The molecular weight excluding hydrogens is 232 g/mol. The number of carbonyl (C=O) groups excluding carboxylic acids is 1. The maximum absolute atomic E-state index is 11.2. The van der Waals surface area contributed by atoms with Gasteiger partial charge in [-0.2, -0.15) is 0 Å². The molecular formula is C13H24N2O3. The van der Waals surface area contributed by atoms with E-state index in [1.165, 1.54) is 6.08 Å². The van der Waals surface area contributed by atoms with Crippen LogP contribution in [0.3, 0.4) is 0 Å². The van der Waals surface area contributed by atoms with Gasteiger partial charge in [0.25, 0.3) is 0 Å². The standard InChI is InChI=1S/C13H24N2O3/c1-4-18-13(17)6-5-7-15-10-12(16)8-11(15)9-14(2)3/h5-6,11-12,16H,4,7-10H2,1-3H3/b6-5+. The Balaban J connectivity index is 2.41. The second-order valence-corrected chi connectivity index (χ2v) is 4.91. The normalized spacial score (nSPS) is 25.2. The summed E-state index contributed by atoms with van der Waals surface area (Å²) in [4.78, 5) is 15.5. The summed E-state index contributed by atoms with van der Waals surface area (Å²) in [6, 6.07) is 0.349. The van der Waals surface area contributed by atoms with E-state index in [-0.39, 0.29) is 12.1 Å². The van der Waals surface area contributed by atoms with Crippen LogP contribution >= 0.6 is 0 Å². The van der Waals surface area contributed by atoms with E-state index in [4.69, 9.17) is 4.74 Å². The van der Waals surface area contributed by atoms with Crippen LogP contribution in [0.5, 0.6) is 0 Å². The molecule has 2 atom stereocenters. The molecule has 0 aromatic carbocycles. The highest BCUT2D eigenvalue weighted by Crippen LogP contribution is 2.18. The molecule has 1 heterocycles. The summed E-state index contributed by atoms with van der Waals surface area (Å²) in [6.07, 6.45) is 3.80. The van der Waals surface area contributed by atoms with Crippen LogP contribution in [0.1, 0.15) is 13.3 Å². The molecule has 1 rings (SSSR count). The zero-order valence-electron chi connectivity index (χ0n) is 11.5. The minimum absolute atomic E-state index is 0.258. The van der Waals surface area contributed by atoms with Gasteiger partial charge in [0.1, 0.15) is 0 Å². The molecule has 0 radical (unpaired) electrons. The van der Waals surface area contributed by atoms with Crippen molar-refractivity contribution in [1.82, 2.24) is 9.80 Å². The SMILES string of the molecule is CCOC(=O)/C=C/CN1CC(O)CC1CN(C)C. The molecule has 0 aliphatic carbocycles. The van der Waals surface area contributed by atoms with E-state index in [2.05, 4.69) is 9.80 Å². The predicted molar refractivity (Wildman–Crippen MR) is 70.3 cm³/mol. The number of hydrogen-bond donors (Lipinski definition) is 1. The van der Waals surface area contributed by atoms with E-state index >= 15 is 0 Å². The van der Waals surface area contributed by atoms with Gasteiger partial charge in [0.05, 0.1) is 12.7 Å².